The standard InChI is InChI=1S/C25H22N2O2/c1-16-10-13-19(14-11-16)22-23(26-21-15-17(2)9-12-18(21)3)25(29)27(24(22)28)20-7-5-4-6-8-20/h4-15,26H,1-3H3. The fraction of sp³-hybridized carbons (Fsp3) is 0.120. The van der Waals surface area contributed by atoms with E-state index in [1.807, 2.05) is 81.4 Å². The van der Waals surface area contributed by atoms with Crippen LogP contribution in [0.25, 0.3) is 5.57 Å². The largest absolute Gasteiger partial charge is 0.350 e. The molecule has 0 saturated heterocycles. The number of anilines is 2. The Hall–Kier alpha value is -3.66. The average molecular weight is 382 g/mol. The number of nitrogens with one attached hydrogen (secondary N) is 1. The maximum absolute atomic E-state index is 13.4. The van der Waals surface area contributed by atoms with Gasteiger partial charge in [-0.05, 0) is 55.7 Å². The average Bonchev–Trinajstić information content (AvgIpc) is 2.96. The zero-order chi connectivity index (χ0) is 20.5. The van der Waals surface area contributed by atoms with Crippen LogP contribution in [0.1, 0.15) is 22.3 Å². The van der Waals surface area contributed by atoms with E-state index in [2.05, 4.69) is 5.32 Å². The number of carbonyl (C=O) groups excluding carboxylic acids is 2. The van der Waals surface area contributed by atoms with E-state index >= 15 is 0 Å². The third-order valence-electron chi connectivity index (χ3n) is 5.09. The Morgan fingerprint density at radius 2 is 1.38 bits per heavy atom. The van der Waals surface area contributed by atoms with Crippen LogP contribution in [0.2, 0.25) is 0 Å². The van der Waals surface area contributed by atoms with Gasteiger partial charge in [0.25, 0.3) is 11.8 Å². The first-order valence-corrected chi connectivity index (χ1v) is 9.55. The third kappa shape index (κ3) is 3.45. The molecule has 0 unspecified atom stereocenters. The van der Waals surface area contributed by atoms with Crippen molar-refractivity contribution < 1.29 is 9.59 Å². The van der Waals surface area contributed by atoms with Gasteiger partial charge in [-0.2, -0.15) is 0 Å². The molecule has 0 fully saturated rings. The second-order valence-electron chi connectivity index (χ2n) is 7.34. The Bertz CT molecular complexity index is 1130. The molecule has 0 atom stereocenters. The van der Waals surface area contributed by atoms with Gasteiger partial charge in [0.05, 0.1) is 11.3 Å². The Morgan fingerprint density at radius 3 is 2.07 bits per heavy atom. The monoisotopic (exact) mass is 382 g/mol. The number of imide groups is 1. The zero-order valence-corrected chi connectivity index (χ0v) is 16.7. The molecule has 2 amide bonds. The second kappa shape index (κ2) is 7.40. The molecule has 3 aromatic rings. The number of amides is 2. The lowest BCUT2D eigenvalue weighted by Gasteiger charge is -2.15. The molecule has 4 heteroatoms. The number of rotatable bonds is 4. The maximum atomic E-state index is 13.4. The summed E-state index contributed by atoms with van der Waals surface area (Å²) in [6.45, 7) is 5.97. The molecule has 1 aliphatic heterocycles. The summed E-state index contributed by atoms with van der Waals surface area (Å²) in [4.78, 5) is 28.0. The Labute approximate surface area is 170 Å². The van der Waals surface area contributed by atoms with Crippen molar-refractivity contribution >= 4 is 28.8 Å². The number of carbonyl (C=O) groups is 2. The summed E-state index contributed by atoms with van der Waals surface area (Å²) < 4.78 is 0. The number of benzene rings is 3. The van der Waals surface area contributed by atoms with Crippen LogP contribution in [-0.4, -0.2) is 11.8 Å². The van der Waals surface area contributed by atoms with Crippen LogP contribution in [0.4, 0.5) is 11.4 Å². The molecular formula is C25H22N2O2. The number of hydrogen-bond acceptors (Lipinski definition) is 3. The van der Waals surface area contributed by atoms with E-state index in [1.165, 1.54) is 4.90 Å². The van der Waals surface area contributed by atoms with Gasteiger partial charge in [-0.15, -0.1) is 0 Å². The first-order chi connectivity index (χ1) is 14.0. The molecule has 0 saturated carbocycles. The topological polar surface area (TPSA) is 49.4 Å². The lowest BCUT2D eigenvalue weighted by atomic mass is 10.0. The van der Waals surface area contributed by atoms with Crippen molar-refractivity contribution in [2.45, 2.75) is 20.8 Å². The van der Waals surface area contributed by atoms with Gasteiger partial charge >= 0.3 is 0 Å². The van der Waals surface area contributed by atoms with Crippen LogP contribution in [0.15, 0.2) is 78.5 Å². The van der Waals surface area contributed by atoms with Crippen LogP contribution in [0.3, 0.4) is 0 Å². The summed E-state index contributed by atoms with van der Waals surface area (Å²) in [6, 6.07) is 22.7. The van der Waals surface area contributed by atoms with E-state index in [4.69, 9.17) is 0 Å². The number of hydrogen-bond donors (Lipinski definition) is 1. The summed E-state index contributed by atoms with van der Waals surface area (Å²) in [5, 5.41) is 3.26. The van der Waals surface area contributed by atoms with E-state index in [0.717, 1.165) is 27.9 Å². The summed E-state index contributed by atoms with van der Waals surface area (Å²) >= 11 is 0. The van der Waals surface area contributed by atoms with Crippen molar-refractivity contribution in [2.24, 2.45) is 0 Å². The van der Waals surface area contributed by atoms with Gasteiger partial charge in [-0.3, -0.25) is 9.59 Å². The molecule has 0 aliphatic carbocycles. The molecule has 144 valence electrons. The highest BCUT2D eigenvalue weighted by Crippen LogP contribution is 2.34. The molecule has 0 spiro atoms. The summed E-state index contributed by atoms with van der Waals surface area (Å²) in [6.07, 6.45) is 0. The van der Waals surface area contributed by atoms with Gasteiger partial charge in [0.2, 0.25) is 0 Å². The minimum absolute atomic E-state index is 0.302. The van der Waals surface area contributed by atoms with Gasteiger partial charge in [0.15, 0.2) is 0 Å². The highest BCUT2D eigenvalue weighted by Gasteiger charge is 2.40. The first kappa shape index (κ1) is 18.7. The maximum Gasteiger partial charge on any atom is 0.282 e. The van der Waals surface area contributed by atoms with Crippen LogP contribution < -0.4 is 10.2 Å². The van der Waals surface area contributed by atoms with E-state index < -0.39 is 0 Å². The van der Waals surface area contributed by atoms with Gasteiger partial charge in [-0.25, -0.2) is 4.90 Å². The van der Waals surface area contributed by atoms with Crippen molar-refractivity contribution in [3.05, 3.63) is 101 Å². The van der Waals surface area contributed by atoms with Crippen molar-refractivity contribution in [3.8, 4) is 0 Å². The predicted octanol–water partition coefficient (Wildman–Crippen LogP) is 5.01. The Kier molecular flexibility index (Phi) is 4.77. The molecule has 0 radical (unpaired) electrons. The Morgan fingerprint density at radius 1 is 0.724 bits per heavy atom. The number of nitrogens with zero attached hydrogens (tertiary/aromatic N) is 1. The highest BCUT2D eigenvalue weighted by atomic mass is 16.2. The molecule has 3 aromatic carbocycles. The minimum atomic E-state index is -0.349. The van der Waals surface area contributed by atoms with E-state index in [9.17, 15) is 9.59 Å². The van der Waals surface area contributed by atoms with Gasteiger partial charge in [0.1, 0.15) is 5.70 Å². The summed E-state index contributed by atoms with van der Waals surface area (Å²) in [5.41, 5.74) is 5.97. The Balaban J connectivity index is 1.85. The van der Waals surface area contributed by atoms with Crippen LogP contribution in [-0.2, 0) is 9.59 Å². The van der Waals surface area contributed by atoms with Gasteiger partial charge in [0, 0.05) is 5.69 Å². The number of aryl methyl sites for hydroxylation is 3. The smallest absolute Gasteiger partial charge is 0.282 e. The van der Waals surface area contributed by atoms with E-state index in [-0.39, 0.29) is 11.8 Å². The molecule has 1 N–H and O–H groups in total. The first-order valence-electron chi connectivity index (χ1n) is 9.55. The molecule has 4 rings (SSSR count). The summed E-state index contributed by atoms with van der Waals surface area (Å²) in [5.74, 6) is -0.671. The normalized spacial score (nSPS) is 14.0. The molecule has 0 aromatic heterocycles. The lowest BCUT2D eigenvalue weighted by Crippen LogP contribution is -2.32. The predicted molar refractivity (Wildman–Crippen MR) is 117 cm³/mol. The third-order valence-corrected chi connectivity index (χ3v) is 5.09. The molecule has 1 heterocycles. The summed E-state index contributed by atoms with van der Waals surface area (Å²) in [7, 11) is 0. The van der Waals surface area contributed by atoms with E-state index in [0.29, 0.717) is 17.0 Å². The molecule has 1 aliphatic rings. The second-order valence-corrected chi connectivity index (χ2v) is 7.34. The fourth-order valence-electron chi connectivity index (χ4n) is 3.45. The van der Waals surface area contributed by atoms with Crippen LogP contribution in [0.5, 0.6) is 0 Å². The van der Waals surface area contributed by atoms with Crippen molar-refractivity contribution in [3.63, 3.8) is 0 Å². The van der Waals surface area contributed by atoms with Crippen LogP contribution in [0, 0.1) is 20.8 Å². The van der Waals surface area contributed by atoms with Crippen molar-refractivity contribution in [2.75, 3.05) is 10.2 Å². The highest BCUT2D eigenvalue weighted by molar-refractivity contribution is 6.46. The molecule has 29 heavy (non-hydrogen) atoms. The van der Waals surface area contributed by atoms with E-state index in [1.54, 1.807) is 12.1 Å². The number of para-hydroxylation sites is 1. The zero-order valence-electron chi connectivity index (χ0n) is 16.7. The van der Waals surface area contributed by atoms with Crippen molar-refractivity contribution in [1.82, 2.24) is 0 Å². The van der Waals surface area contributed by atoms with Crippen molar-refractivity contribution in [1.29, 1.82) is 0 Å². The SMILES string of the molecule is Cc1ccc(C2=C(Nc3cc(C)ccc3C)C(=O)N(c3ccccc3)C2=O)cc1. The lowest BCUT2D eigenvalue weighted by molar-refractivity contribution is -0.120. The molecule has 0 bridgehead atoms. The minimum Gasteiger partial charge on any atom is -0.350 e. The van der Waals surface area contributed by atoms with Gasteiger partial charge in [-0.1, -0.05) is 60.2 Å². The molecule has 4 nitrogen and oxygen atoms in total. The quantitative estimate of drug-likeness (QED) is 0.646. The molecular weight excluding hydrogens is 360 g/mol. The van der Waals surface area contributed by atoms with Gasteiger partial charge < -0.3 is 5.32 Å². The van der Waals surface area contributed by atoms with Crippen LogP contribution >= 0.6 is 0 Å². The fourth-order valence-corrected chi connectivity index (χ4v) is 3.45.